The zero-order valence-electron chi connectivity index (χ0n) is 12.2. The normalized spacial score (nSPS) is 27.3. The van der Waals surface area contributed by atoms with E-state index in [1.165, 1.54) is 31.4 Å². The summed E-state index contributed by atoms with van der Waals surface area (Å²) >= 11 is 3.40. The fourth-order valence-corrected chi connectivity index (χ4v) is 3.85. The highest BCUT2D eigenvalue weighted by atomic mass is 79.9. The van der Waals surface area contributed by atoms with Crippen LogP contribution in [-0.4, -0.2) is 10.7 Å². The molecule has 0 aromatic heterocycles. The van der Waals surface area contributed by atoms with E-state index in [1.54, 1.807) is 6.07 Å². The van der Waals surface area contributed by atoms with Gasteiger partial charge in [-0.05, 0) is 42.9 Å². The minimum absolute atomic E-state index is 0.239. The third-order valence-corrected chi connectivity index (χ3v) is 5.24. The van der Waals surface area contributed by atoms with E-state index in [0.717, 1.165) is 41.6 Å². The molecule has 0 aliphatic heterocycles. The van der Waals surface area contributed by atoms with Crippen molar-refractivity contribution in [2.75, 3.05) is 0 Å². The van der Waals surface area contributed by atoms with Gasteiger partial charge in [0, 0.05) is 10.9 Å². The molecule has 1 aliphatic rings. The van der Waals surface area contributed by atoms with Gasteiger partial charge in [0.1, 0.15) is 5.82 Å². The molecule has 0 spiro atoms. The summed E-state index contributed by atoms with van der Waals surface area (Å²) in [5, 5.41) is 10.9. The lowest BCUT2D eigenvalue weighted by molar-refractivity contribution is 0.0239. The molecule has 0 bridgehead atoms. The minimum atomic E-state index is -0.622. The summed E-state index contributed by atoms with van der Waals surface area (Å²) in [7, 11) is 0. The lowest BCUT2D eigenvalue weighted by Gasteiger charge is -2.27. The average Bonchev–Trinajstić information content (AvgIpc) is 2.57. The van der Waals surface area contributed by atoms with Gasteiger partial charge in [-0.15, -0.1) is 0 Å². The molecule has 2 atom stereocenters. The van der Waals surface area contributed by atoms with Crippen LogP contribution < -0.4 is 0 Å². The zero-order valence-corrected chi connectivity index (χ0v) is 13.8. The first-order valence-corrected chi connectivity index (χ1v) is 8.48. The number of benzene rings is 1. The molecule has 0 saturated heterocycles. The van der Waals surface area contributed by atoms with Crippen molar-refractivity contribution < 1.29 is 9.50 Å². The minimum Gasteiger partial charge on any atom is -0.390 e. The van der Waals surface area contributed by atoms with Crippen LogP contribution in [0.25, 0.3) is 0 Å². The van der Waals surface area contributed by atoms with Crippen molar-refractivity contribution in [2.24, 2.45) is 5.92 Å². The highest BCUT2D eigenvalue weighted by Crippen LogP contribution is 2.35. The van der Waals surface area contributed by atoms with Gasteiger partial charge in [-0.1, -0.05) is 54.6 Å². The number of rotatable bonds is 4. The van der Waals surface area contributed by atoms with Crippen LogP contribution in [-0.2, 0) is 6.42 Å². The molecule has 1 aliphatic carbocycles. The molecule has 1 nitrogen and oxygen atoms in total. The second kappa shape index (κ2) is 7.04. The van der Waals surface area contributed by atoms with Crippen LogP contribution in [0.15, 0.2) is 22.7 Å². The summed E-state index contributed by atoms with van der Waals surface area (Å²) in [6.45, 7) is 2.23. The van der Waals surface area contributed by atoms with Gasteiger partial charge < -0.3 is 5.11 Å². The Balaban J connectivity index is 2.03. The standard InChI is InChI=1S/C17H24BrFO/c1-2-4-13-5-3-9-17(20,10-8-13)12-14-6-7-15(19)11-16(14)18/h6-7,11,13,20H,2-5,8-10,12H2,1H3. The highest BCUT2D eigenvalue weighted by Gasteiger charge is 2.31. The molecule has 0 heterocycles. The molecule has 1 aromatic carbocycles. The van der Waals surface area contributed by atoms with Crippen LogP contribution in [0.4, 0.5) is 4.39 Å². The highest BCUT2D eigenvalue weighted by molar-refractivity contribution is 9.10. The number of hydrogen-bond donors (Lipinski definition) is 1. The van der Waals surface area contributed by atoms with Crippen molar-refractivity contribution in [3.63, 3.8) is 0 Å². The molecule has 20 heavy (non-hydrogen) atoms. The molecule has 2 rings (SSSR count). The van der Waals surface area contributed by atoms with E-state index in [1.807, 2.05) is 0 Å². The molecule has 112 valence electrons. The molecule has 2 unspecified atom stereocenters. The van der Waals surface area contributed by atoms with Gasteiger partial charge in [0.15, 0.2) is 0 Å². The average molecular weight is 343 g/mol. The second-order valence-electron chi connectivity index (χ2n) is 6.22. The van der Waals surface area contributed by atoms with Gasteiger partial charge in [0.25, 0.3) is 0 Å². The van der Waals surface area contributed by atoms with E-state index in [0.29, 0.717) is 6.42 Å². The Bertz CT molecular complexity index is 449. The van der Waals surface area contributed by atoms with Gasteiger partial charge in [0.2, 0.25) is 0 Å². The zero-order chi connectivity index (χ0) is 14.6. The van der Waals surface area contributed by atoms with Gasteiger partial charge in [-0.2, -0.15) is 0 Å². The largest absolute Gasteiger partial charge is 0.390 e. The van der Waals surface area contributed by atoms with Crippen molar-refractivity contribution in [3.8, 4) is 0 Å². The molecule has 0 radical (unpaired) electrons. The first kappa shape index (κ1) is 16.0. The van der Waals surface area contributed by atoms with Crippen molar-refractivity contribution in [1.29, 1.82) is 0 Å². The quantitative estimate of drug-likeness (QED) is 0.741. The smallest absolute Gasteiger partial charge is 0.124 e. The summed E-state index contributed by atoms with van der Waals surface area (Å²) in [5.41, 5.74) is 0.380. The molecule has 1 fully saturated rings. The fraction of sp³-hybridized carbons (Fsp3) is 0.647. The van der Waals surface area contributed by atoms with Crippen molar-refractivity contribution >= 4 is 15.9 Å². The van der Waals surface area contributed by atoms with Crippen LogP contribution in [0.1, 0.15) is 57.4 Å². The Morgan fingerprint density at radius 1 is 1.35 bits per heavy atom. The summed E-state index contributed by atoms with van der Waals surface area (Å²) in [5.74, 6) is 0.530. The van der Waals surface area contributed by atoms with E-state index >= 15 is 0 Å². The van der Waals surface area contributed by atoms with Crippen LogP contribution in [0.2, 0.25) is 0 Å². The Morgan fingerprint density at radius 3 is 2.85 bits per heavy atom. The third kappa shape index (κ3) is 4.29. The molecule has 0 amide bonds. The lowest BCUT2D eigenvalue weighted by Crippen LogP contribution is -2.30. The number of halogens is 2. The van der Waals surface area contributed by atoms with Gasteiger partial charge in [0.05, 0.1) is 5.60 Å². The Kier molecular flexibility index (Phi) is 5.62. The van der Waals surface area contributed by atoms with E-state index in [9.17, 15) is 9.50 Å². The van der Waals surface area contributed by atoms with E-state index in [4.69, 9.17) is 0 Å². The van der Waals surface area contributed by atoms with Gasteiger partial charge >= 0.3 is 0 Å². The number of hydrogen-bond acceptors (Lipinski definition) is 1. The van der Waals surface area contributed by atoms with E-state index in [2.05, 4.69) is 22.9 Å². The van der Waals surface area contributed by atoms with Crippen LogP contribution in [0, 0.1) is 11.7 Å². The summed E-state index contributed by atoms with van der Waals surface area (Å²) in [4.78, 5) is 0. The van der Waals surface area contributed by atoms with E-state index < -0.39 is 5.60 Å². The summed E-state index contributed by atoms with van der Waals surface area (Å²) in [6, 6.07) is 4.74. The molecule has 1 aromatic rings. The first-order valence-electron chi connectivity index (χ1n) is 7.69. The molecular formula is C17H24BrFO. The van der Waals surface area contributed by atoms with Gasteiger partial charge in [-0.25, -0.2) is 4.39 Å². The van der Waals surface area contributed by atoms with Crippen molar-refractivity contribution in [2.45, 2.75) is 63.9 Å². The lowest BCUT2D eigenvalue weighted by atomic mass is 9.87. The Hall–Kier alpha value is -0.410. The van der Waals surface area contributed by atoms with Crippen molar-refractivity contribution in [3.05, 3.63) is 34.1 Å². The maximum absolute atomic E-state index is 13.1. The van der Waals surface area contributed by atoms with Gasteiger partial charge in [-0.3, -0.25) is 0 Å². The third-order valence-electron chi connectivity index (χ3n) is 4.50. The Morgan fingerprint density at radius 2 is 2.15 bits per heavy atom. The molecule has 3 heteroatoms. The SMILES string of the molecule is CCCC1CCCC(O)(Cc2ccc(F)cc2Br)CC1. The molecular weight excluding hydrogens is 319 g/mol. The monoisotopic (exact) mass is 342 g/mol. The van der Waals surface area contributed by atoms with Crippen LogP contribution >= 0.6 is 15.9 Å². The van der Waals surface area contributed by atoms with Crippen LogP contribution in [0.5, 0.6) is 0 Å². The molecule has 1 saturated carbocycles. The Labute approximate surface area is 129 Å². The second-order valence-corrected chi connectivity index (χ2v) is 7.08. The predicted octanol–water partition coefficient (Wildman–Crippen LogP) is 5.24. The maximum Gasteiger partial charge on any atom is 0.124 e. The molecule has 1 N–H and O–H groups in total. The maximum atomic E-state index is 13.1. The fourth-order valence-electron chi connectivity index (χ4n) is 3.36. The van der Waals surface area contributed by atoms with E-state index in [-0.39, 0.29) is 5.82 Å². The summed E-state index contributed by atoms with van der Waals surface area (Å²) < 4.78 is 13.9. The van der Waals surface area contributed by atoms with Crippen LogP contribution in [0.3, 0.4) is 0 Å². The predicted molar refractivity (Wildman–Crippen MR) is 84.2 cm³/mol. The topological polar surface area (TPSA) is 20.2 Å². The van der Waals surface area contributed by atoms with Crippen molar-refractivity contribution in [1.82, 2.24) is 0 Å². The summed E-state index contributed by atoms with van der Waals surface area (Å²) in [6.07, 6.45) is 8.29. The number of aliphatic hydroxyl groups is 1. The first-order chi connectivity index (χ1) is 9.52.